The molecule has 0 saturated carbocycles. The van der Waals surface area contributed by atoms with E-state index in [9.17, 15) is 0 Å². The number of piperidine rings is 1. The van der Waals surface area contributed by atoms with Gasteiger partial charge in [-0.1, -0.05) is 71.9 Å². The highest BCUT2D eigenvalue weighted by molar-refractivity contribution is 5.37. The zero-order valence-electron chi connectivity index (χ0n) is 18.6. The maximum atomic E-state index is 6.13. The number of hydrogen-bond donors (Lipinski definition) is 0. The van der Waals surface area contributed by atoms with Crippen molar-refractivity contribution in [3.8, 4) is 0 Å². The van der Waals surface area contributed by atoms with E-state index in [0.717, 1.165) is 42.8 Å². The van der Waals surface area contributed by atoms with Crippen molar-refractivity contribution in [1.29, 1.82) is 0 Å². The third kappa shape index (κ3) is 5.53. The Labute approximate surface area is 194 Å². The molecular weight excluding hydrogens is 412 g/mol. The number of ether oxygens (including phenoxy) is 1. The van der Waals surface area contributed by atoms with Crippen LogP contribution in [0.3, 0.4) is 0 Å². The standard InChI is InChI=1S/C27H28N4O2/c1-3-10-21(11-4-1)26(22-12-5-2-6-13-22)27-29-25(33-30-27)19-31-17-9-15-24(18-31)32-20-23-14-7-8-16-28-23/h1-8,10-14,16,24,26H,9,15,17-20H2. The van der Waals surface area contributed by atoms with E-state index in [2.05, 4.69) is 39.3 Å². The predicted octanol–water partition coefficient (Wildman–Crippen LogP) is 4.83. The average Bonchev–Trinajstić information content (AvgIpc) is 3.33. The molecule has 2 aromatic carbocycles. The summed E-state index contributed by atoms with van der Waals surface area (Å²) >= 11 is 0. The van der Waals surface area contributed by atoms with E-state index in [1.807, 2.05) is 54.6 Å². The van der Waals surface area contributed by atoms with Crippen LogP contribution >= 0.6 is 0 Å². The maximum Gasteiger partial charge on any atom is 0.240 e. The van der Waals surface area contributed by atoms with Gasteiger partial charge in [-0.05, 0) is 42.6 Å². The summed E-state index contributed by atoms with van der Waals surface area (Å²) in [7, 11) is 0. The molecule has 1 aliphatic rings. The topological polar surface area (TPSA) is 64.3 Å². The summed E-state index contributed by atoms with van der Waals surface area (Å²) in [4.78, 5) is 11.5. The first kappa shape index (κ1) is 21.5. The van der Waals surface area contributed by atoms with Gasteiger partial charge in [-0.25, -0.2) is 0 Å². The van der Waals surface area contributed by atoms with Gasteiger partial charge in [-0.2, -0.15) is 4.98 Å². The van der Waals surface area contributed by atoms with E-state index in [1.54, 1.807) is 6.20 Å². The van der Waals surface area contributed by atoms with Crippen molar-refractivity contribution in [2.75, 3.05) is 13.1 Å². The van der Waals surface area contributed by atoms with Crippen LogP contribution in [0.5, 0.6) is 0 Å². The largest absolute Gasteiger partial charge is 0.371 e. The first-order valence-electron chi connectivity index (χ1n) is 11.5. The summed E-state index contributed by atoms with van der Waals surface area (Å²) in [5.74, 6) is 1.29. The van der Waals surface area contributed by atoms with Crippen molar-refractivity contribution in [2.45, 2.75) is 38.0 Å². The van der Waals surface area contributed by atoms with E-state index in [-0.39, 0.29) is 12.0 Å². The summed E-state index contributed by atoms with van der Waals surface area (Å²) in [5.41, 5.74) is 3.26. The minimum Gasteiger partial charge on any atom is -0.371 e. The van der Waals surface area contributed by atoms with E-state index >= 15 is 0 Å². The van der Waals surface area contributed by atoms with Crippen LogP contribution in [0.1, 0.15) is 47.3 Å². The molecule has 4 aromatic rings. The van der Waals surface area contributed by atoms with Crippen LogP contribution in [0.2, 0.25) is 0 Å². The third-order valence-electron chi connectivity index (χ3n) is 6.02. The summed E-state index contributed by atoms with van der Waals surface area (Å²) in [6.45, 7) is 3.03. The molecule has 1 unspecified atom stereocenters. The summed E-state index contributed by atoms with van der Waals surface area (Å²) in [5, 5.41) is 4.38. The molecule has 5 rings (SSSR count). The molecule has 0 N–H and O–H groups in total. The van der Waals surface area contributed by atoms with Crippen LogP contribution in [-0.2, 0) is 17.9 Å². The molecule has 0 bridgehead atoms. The number of benzene rings is 2. The molecule has 1 aliphatic heterocycles. The molecule has 33 heavy (non-hydrogen) atoms. The highest BCUT2D eigenvalue weighted by Gasteiger charge is 2.25. The Morgan fingerprint density at radius 2 is 1.67 bits per heavy atom. The average molecular weight is 441 g/mol. The molecule has 1 saturated heterocycles. The van der Waals surface area contributed by atoms with Crippen LogP contribution in [0.25, 0.3) is 0 Å². The third-order valence-corrected chi connectivity index (χ3v) is 6.02. The lowest BCUT2D eigenvalue weighted by Crippen LogP contribution is -2.39. The number of pyridine rings is 1. The Kier molecular flexibility index (Phi) is 6.85. The highest BCUT2D eigenvalue weighted by atomic mass is 16.5. The van der Waals surface area contributed by atoms with E-state index < -0.39 is 0 Å². The molecule has 6 heteroatoms. The van der Waals surface area contributed by atoms with Gasteiger partial charge < -0.3 is 9.26 Å². The molecule has 6 nitrogen and oxygen atoms in total. The molecule has 1 atom stereocenters. The van der Waals surface area contributed by atoms with Gasteiger partial charge in [-0.3, -0.25) is 9.88 Å². The van der Waals surface area contributed by atoms with Gasteiger partial charge in [-0.15, -0.1) is 0 Å². The highest BCUT2D eigenvalue weighted by Crippen LogP contribution is 2.30. The summed E-state index contributed by atoms with van der Waals surface area (Å²) < 4.78 is 11.8. The second-order valence-corrected chi connectivity index (χ2v) is 8.43. The zero-order valence-corrected chi connectivity index (χ0v) is 18.6. The molecule has 1 fully saturated rings. The molecule has 168 valence electrons. The fraction of sp³-hybridized carbons (Fsp3) is 0.296. The first-order chi connectivity index (χ1) is 16.3. The number of aromatic nitrogens is 3. The van der Waals surface area contributed by atoms with Gasteiger partial charge in [0.1, 0.15) is 0 Å². The molecule has 3 heterocycles. The molecular formula is C27H28N4O2. The van der Waals surface area contributed by atoms with Gasteiger partial charge >= 0.3 is 0 Å². The quantitative estimate of drug-likeness (QED) is 0.391. The lowest BCUT2D eigenvalue weighted by molar-refractivity contribution is -0.0153. The van der Waals surface area contributed by atoms with Gasteiger partial charge in [0.25, 0.3) is 0 Å². The fourth-order valence-electron chi connectivity index (χ4n) is 4.40. The Hall–Kier alpha value is -3.35. The summed E-state index contributed by atoms with van der Waals surface area (Å²) in [6.07, 6.45) is 4.13. The van der Waals surface area contributed by atoms with Crippen LogP contribution in [0.15, 0.2) is 89.6 Å². The zero-order chi connectivity index (χ0) is 22.3. The Balaban J connectivity index is 1.26. The molecule has 0 aliphatic carbocycles. The van der Waals surface area contributed by atoms with Gasteiger partial charge in [0.15, 0.2) is 5.82 Å². The van der Waals surface area contributed by atoms with E-state index in [1.165, 1.54) is 0 Å². The van der Waals surface area contributed by atoms with Crippen LogP contribution < -0.4 is 0 Å². The molecule has 2 aromatic heterocycles. The lowest BCUT2D eigenvalue weighted by atomic mass is 9.91. The number of hydrogen-bond acceptors (Lipinski definition) is 6. The van der Waals surface area contributed by atoms with Crippen molar-refractivity contribution in [2.24, 2.45) is 0 Å². The number of likely N-dealkylation sites (tertiary alicyclic amines) is 1. The van der Waals surface area contributed by atoms with E-state index in [0.29, 0.717) is 24.9 Å². The minimum absolute atomic E-state index is 0.0549. The van der Waals surface area contributed by atoms with Crippen LogP contribution in [0.4, 0.5) is 0 Å². The maximum absolute atomic E-state index is 6.13. The van der Waals surface area contributed by atoms with Crippen molar-refractivity contribution >= 4 is 0 Å². The number of nitrogens with zero attached hydrogens (tertiary/aromatic N) is 4. The smallest absolute Gasteiger partial charge is 0.240 e. The first-order valence-corrected chi connectivity index (χ1v) is 11.5. The van der Waals surface area contributed by atoms with Gasteiger partial charge in [0.05, 0.1) is 30.9 Å². The van der Waals surface area contributed by atoms with Crippen molar-refractivity contribution in [1.82, 2.24) is 20.0 Å². The molecule has 0 radical (unpaired) electrons. The van der Waals surface area contributed by atoms with Crippen molar-refractivity contribution < 1.29 is 9.26 Å². The second kappa shape index (κ2) is 10.5. The second-order valence-electron chi connectivity index (χ2n) is 8.43. The number of rotatable bonds is 8. The normalized spacial score (nSPS) is 16.8. The summed E-state index contributed by atoms with van der Waals surface area (Å²) in [6, 6.07) is 26.6. The monoisotopic (exact) mass is 440 g/mol. The van der Waals surface area contributed by atoms with Gasteiger partial charge in [0, 0.05) is 12.7 Å². The van der Waals surface area contributed by atoms with Crippen molar-refractivity contribution in [3.05, 3.63) is 114 Å². The van der Waals surface area contributed by atoms with Crippen molar-refractivity contribution in [3.63, 3.8) is 0 Å². The van der Waals surface area contributed by atoms with E-state index in [4.69, 9.17) is 14.2 Å². The fourth-order valence-corrected chi connectivity index (χ4v) is 4.40. The lowest BCUT2D eigenvalue weighted by Gasteiger charge is -2.31. The Morgan fingerprint density at radius 3 is 2.36 bits per heavy atom. The Bertz CT molecular complexity index is 1080. The molecule has 0 amide bonds. The SMILES string of the molecule is c1ccc(C(c2ccccc2)c2noc(CN3CCCC(OCc4ccccn4)C3)n2)cc1. The van der Waals surface area contributed by atoms with Gasteiger partial charge in [0.2, 0.25) is 5.89 Å². The Morgan fingerprint density at radius 1 is 0.939 bits per heavy atom. The predicted molar refractivity (Wildman–Crippen MR) is 125 cm³/mol. The van der Waals surface area contributed by atoms with Crippen LogP contribution in [-0.4, -0.2) is 39.2 Å². The molecule has 0 spiro atoms. The van der Waals surface area contributed by atoms with Crippen LogP contribution in [0, 0.1) is 0 Å². The minimum atomic E-state index is -0.0549.